The van der Waals surface area contributed by atoms with Gasteiger partial charge in [-0.05, 0) is 43.2 Å². The number of benzene rings is 1. The Bertz CT molecular complexity index is 1310. The van der Waals surface area contributed by atoms with Gasteiger partial charge in [-0.2, -0.15) is 18.3 Å². The summed E-state index contributed by atoms with van der Waals surface area (Å²) >= 11 is 0. The van der Waals surface area contributed by atoms with Crippen LogP contribution in [0.25, 0.3) is 16.9 Å². The Balaban J connectivity index is 1.66. The maximum absolute atomic E-state index is 13.9. The number of carbonyl (C=O) groups is 1. The molecule has 0 N–H and O–H groups in total. The van der Waals surface area contributed by atoms with Gasteiger partial charge in [0.05, 0.1) is 31.3 Å². The van der Waals surface area contributed by atoms with Crippen LogP contribution in [-0.4, -0.2) is 39.1 Å². The zero-order valence-corrected chi connectivity index (χ0v) is 17.5. The first-order valence-electron chi connectivity index (χ1n) is 10.3. The second-order valence-corrected chi connectivity index (χ2v) is 7.69. The molecule has 1 aliphatic rings. The van der Waals surface area contributed by atoms with E-state index in [4.69, 9.17) is 9.15 Å². The van der Waals surface area contributed by atoms with Gasteiger partial charge in [0, 0.05) is 12.1 Å². The second kappa shape index (κ2) is 7.95. The van der Waals surface area contributed by atoms with Crippen LogP contribution in [0.15, 0.2) is 59.3 Å². The summed E-state index contributed by atoms with van der Waals surface area (Å²) in [5, 5.41) is 3.87. The molecule has 0 radical (unpaired) electrons. The zero-order valence-electron chi connectivity index (χ0n) is 17.5. The molecule has 1 unspecified atom stereocenters. The number of rotatable bonds is 4. The molecular weight excluding hydrogens is 437 g/mol. The van der Waals surface area contributed by atoms with E-state index in [2.05, 4.69) is 10.1 Å². The van der Waals surface area contributed by atoms with Crippen molar-refractivity contribution in [1.82, 2.24) is 19.5 Å². The van der Waals surface area contributed by atoms with E-state index in [-0.39, 0.29) is 22.9 Å². The highest BCUT2D eigenvalue weighted by molar-refractivity contribution is 6.00. The monoisotopic (exact) mass is 456 g/mol. The highest BCUT2D eigenvalue weighted by Gasteiger charge is 2.38. The average molecular weight is 456 g/mol. The molecule has 0 bridgehead atoms. The summed E-state index contributed by atoms with van der Waals surface area (Å²) in [6, 6.07) is 10.8. The fourth-order valence-corrected chi connectivity index (χ4v) is 4.25. The lowest BCUT2D eigenvalue weighted by Crippen LogP contribution is -2.30. The molecule has 1 amide bonds. The van der Waals surface area contributed by atoms with Gasteiger partial charge in [-0.25, -0.2) is 9.50 Å². The first kappa shape index (κ1) is 21.0. The number of alkyl halides is 3. The Morgan fingerprint density at radius 3 is 2.76 bits per heavy atom. The normalized spacial score (nSPS) is 16.5. The minimum atomic E-state index is -4.71. The van der Waals surface area contributed by atoms with Crippen LogP contribution in [0.5, 0.6) is 5.75 Å². The number of nitrogens with zero attached hydrogens (tertiary/aromatic N) is 4. The minimum Gasteiger partial charge on any atom is -0.496 e. The average Bonchev–Trinajstić information content (AvgIpc) is 3.57. The van der Waals surface area contributed by atoms with Crippen molar-refractivity contribution in [2.45, 2.75) is 25.1 Å². The Kier molecular flexibility index (Phi) is 5.07. The molecule has 1 saturated heterocycles. The lowest BCUT2D eigenvalue weighted by Gasteiger charge is -2.22. The van der Waals surface area contributed by atoms with E-state index >= 15 is 0 Å². The number of halogens is 3. The molecule has 7 nitrogen and oxygen atoms in total. The summed E-state index contributed by atoms with van der Waals surface area (Å²) in [7, 11) is 1.43. The number of ether oxygens (including phenoxy) is 1. The highest BCUT2D eigenvalue weighted by Crippen LogP contribution is 2.37. The van der Waals surface area contributed by atoms with E-state index in [1.807, 2.05) is 0 Å². The van der Waals surface area contributed by atoms with Crippen LogP contribution in [0.1, 0.15) is 40.7 Å². The van der Waals surface area contributed by atoms with Crippen molar-refractivity contribution in [3.8, 4) is 17.0 Å². The van der Waals surface area contributed by atoms with E-state index in [0.717, 1.165) is 18.7 Å². The van der Waals surface area contributed by atoms with Crippen molar-refractivity contribution in [3.63, 3.8) is 0 Å². The zero-order chi connectivity index (χ0) is 23.2. The van der Waals surface area contributed by atoms with E-state index in [1.165, 1.54) is 13.4 Å². The number of fused-ring (bicyclic) bond motifs is 1. The van der Waals surface area contributed by atoms with Crippen molar-refractivity contribution in [2.24, 2.45) is 0 Å². The maximum Gasteiger partial charge on any atom is 0.433 e. The smallest absolute Gasteiger partial charge is 0.433 e. The van der Waals surface area contributed by atoms with Crippen LogP contribution in [0.4, 0.5) is 13.2 Å². The number of hydrogen-bond acceptors (Lipinski definition) is 5. The summed E-state index contributed by atoms with van der Waals surface area (Å²) in [4.78, 5) is 19.5. The Morgan fingerprint density at radius 2 is 2.03 bits per heavy atom. The number of hydrogen-bond donors (Lipinski definition) is 0. The summed E-state index contributed by atoms with van der Waals surface area (Å²) in [6.45, 7) is 0.458. The van der Waals surface area contributed by atoms with Gasteiger partial charge in [0.15, 0.2) is 11.3 Å². The standard InChI is InChI=1S/C23H19F3N4O3/c1-32-18-8-3-2-6-14(18)16-12-20(23(24,25)26)30-21(28-16)15(13-27-30)22(31)29-10-4-7-17(29)19-9-5-11-33-19/h2-3,5-6,8-9,11-13,17H,4,7,10H2,1H3. The van der Waals surface area contributed by atoms with Crippen LogP contribution >= 0.6 is 0 Å². The molecule has 1 fully saturated rings. The van der Waals surface area contributed by atoms with Crippen molar-refractivity contribution in [1.29, 1.82) is 0 Å². The van der Waals surface area contributed by atoms with Crippen molar-refractivity contribution < 1.29 is 27.1 Å². The molecule has 0 spiro atoms. The van der Waals surface area contributed by atoms with Crippen LogP contribution < -0.4 is 4.74 Å². The van der Waals surface area contributed by atoms with Gasteiger partial charge in [0.25, 0.3) is 5.91 Å². The van der Waals surface area contributed by atoms with E-state index in [1.54, 1.807) is 41.3 Å². The van der Waals surface area contributed by atoms with E-state index < -0.39 is 17.8 Å². The third-order valence-corrected chi connectivity index (χ3v) is 5.76. The third-order valence-electron chi connectivity index (χ3n) is 5.76. The molecule has 4 heterocycles. The molecule has 33 heavy (non-hydrogen) atoms. The molecule has 1 aromatic carbocycles. The van der Waals surface area contributed by atoms with E-state index in [0.29, 0.717) is 34.6 Å². The third kappa shape index (κ3) is 3.61. The van der Waals surface area contributed by atoms with Gasteiger partial charge in [-0.15, -0.1) is 0 Å². The number of aromatic nitrogens is 3. The van der Waals surface area contributed by atoms with Crippen LogP contribution in [0, 0.1) is 0 Å². The first-order chi connectivity index (χ1) is 15.9. The molecule has 3 aromatic heterocycles. The number of amides is 1. The number of carbonyl (C=O) groups excluding carboxylic acids is 1. The number of likely N-dealkylation sites (tertiary alicyclic amines) is 1. The Morgan fingerprint density at radius 1 is 1.21 bits per heavy atom. The van der Waals surface area contributed by atoms with Gasteiger partial charge in [-0.1, -0.05) is 12.1 Å². The molecule has 0 saturated carbocycles. The predicted molar refractivity (Wildman–Crippen MR) is 112 cm³/mol. The molecule has 5 rings (SSSR count). The van der Waals surface area contributed by atoms with Crippen LogP contribution in [-0.2, 0) is 6.18 Å². The predicted octanol–water partition coefficient (Wildman–Crippen LogP) is 4.99. The number of para-hydroxylation sites is 1. The fraction of sp³-hybridized carbons (Fsp3) is 0.261. The van der Waals surface area contributed by atoms with Gasteiger partial charge in [0.1, 0.15) is 17.1 Å². The quantitative estimate of drug-likeness (QED) is 0.433. The maximum atomic E-state index is 13.9. The van der Waals surface area contributed by atoms with Gasteiger partial charge < -0.3 is 14.1 Å². The van der Waals surface area contributed by atoms with Crippen molar-refractivity contribution >= 4 is 11.6 Å². The number of furan rings is 1. The van der Waals surface area contributed by atoms with Crippen LogP contribution in [0.2, 0.25) is 0 Å². The lowest BCUT2D eigenvalue weighted by atomic mass is 10.1. The van der Waals surface area contributed by atoms with Gasteiger partial charge >= 0.3 is 6.18 Å². The number of methoxy groups -OCH3 is 1. The molecule has 10 heteroatoms. The Hall–Kier alpha value is -3.82. The fourth-order valence-electron chi connectivity index (χ4n) is 4.25. The topological polar surface area (TPSA) is 72.9 Å². The molecule has 1 atom stereocenters. The summed E-state index contributed by atoms with van der Waals surface area (Å²) in [5.74, 6) is 0.560. The largest absolute Gasteiger partial charge is 0.496 e. The van der Waals surface area contributed by atoms with Crippen molar-refractivity contribution in [3.05, 3.63) is 71.9 Å². The van der Waals surface area contributed by atoms with Crippen LogP contribution in [0.3, 0.4) is 0 Å². The first-order valence-corrected chi connectivity index (χ1v) is 10.3. The highest BCUT2D eigenvalue weighted by atomic mass is 19.4. The summed E-state index contributed by atoms with van der Waals surface area (Å²) in [6.07, 6.45) is -0.587. The van der Waals surface area contributed by atoms with Gasteiger partial charge in [-0.3, -0.25) is 4.79 Å². The minimum absolute atomic E-state index is 0.00398. The lowest BCUT2D eigenvalue weighted by molar-refractivity contribution is -0.142. The van der Waals surface area contributed by atoms with E-state index in [9.17, 15) is 18.0 Å². The Labute approximate surface area is 186 Å². The molecule has 4 aromatic rings. The second-order valence-electron chi connectivity index (χ2n) is 7.69. The summed E-state index contributed by atoms with van der Waals surface area (Å²) in [5.41, 5.74) is -0.791. The molecule has 0 aliphatic carbocycles. The van der Waals surface area contributed by atoms with Crippen molar-refractivity contribution in [2.75, 3.05) is 13.7 Å². The summed E-state index contributed by atoms with van der Waals surface area (Å²) < 4.78 is 53.2. The molecule has 170 valence electrons. The SMILES string of the molecule is COc1ccccc1-c1cc(C(F)(F)F)n2ncc(C(=O)N3CCCC3c3ccco3)c2n1. The molecular formula is C23H19F3N4O3. The van der Waals surface area contributed by atoms with Gasteiger partial charge in [0.2, 0.25) is 0 Å². The molecule has 1 aliphatic heterocycles.